The number of nitro groups is 1. The topological polar surface area (TPSA) is 139 Å². The molecule has 2 heterocycles. The second kappa shape index (κ2) is 9.20. The number of amides is 2. The molecule has 200 valence electrons. The molecule has 2 amide bonds. The number of rotatable bonds is 6. The summed E-state index contributed by atoms with van der Waals surface area (Å²) in [6.07, 6.45) is -5.00. The molecule has 0 aromatic heterocycles. The number of fused-ring (bicyclic) bond motifs is 1. The summed E-state index contributed by atoms with van der Waals surface area (Å²) in [6.45, 7) is 0. The van der Waals surface area contributed by atoms with Crippen molar-refractivity contribution in [3.8, 4) is 5.75 Å². The SMILES string of the molecule is O=C1C2C(c3cccc(OC(F)(F)F)c3)NC(C(=O)O)(c3ccccc3)C2C(=O)N1c1cccc([N+](=O)[O-])c1. The van der Waals surface area contributed by atoms with Crippen LogP contribution < -0.4 is 15.0 Å². The molecule has 10 nitrogen and oxygen atoms in total. The molecule has 2 aliphatic rings. The molecular formula is C26H18F3N3O7. The number of hydrogen-bond acceptors (Lipinski definition) is 7. The molecule has 13 heteroatoms. The Morgan fingerprint density at radius 2 is 1.69 bits per heavy atom. The number of ether oxygens (including phenoxy) is 1. The molecule has 39 heavy (non-hydrogen) atoms. The van der Waals surface area contributed by atoms with Gasteiger partial charge in [0.05, 0.1) is 22.4 Å². The smallest absolute Gasteiger partial charge is 0.480 e. The predicted molar refractivity (Wildman–Crippen MR) is 127 cm³/mol. The summed E-state index contributed by atoms with van der Waals surface area (Å²) in [7, 11) is 0. The Morgan fingerprint density at radius 1 is 1.00 bits per heavy atom. The third-order valence-corrected chi connectivity index (χ3v) is 6.88. The number of non-ortho nitro benzene ring substituents is 1. The van der Waals surface area contributed by atoms with Crippen molar-refractivity contribution in [2.24, 2.45) is 11.8 Å². The minimum absolute atomic E-state index is 0.0767. The van der Waals surface area contributed by atoms with Crippen LogP contribution in [0.2, 0.25) is 0 Å². The van der Waals surface area contributed by atoms with Gasteiger partial charge in [-0.05, 0) is 29.3 Å². The van der Waals surface area contributed by atoms with Crippen LogP contribution in [0.3, 0.4) is 0 Å². The summed E-state index contributed by atoms with van der Waals surface area (Å²) >= 11 is 0. The molecule has 4 atom stereocenters. The van der Waals surface area contributed by atoms with Crippen LogP contribution >= 0.6 is 0 Å². The molecule has 4 unspecified atom stereocenters. The maximum Gasteiger partial charge on any atom is 0.573 e. The number of halogens is 3. The fourth-order valence-electron chi connectivity index (χ4n) is 5.39. The fourth-order valence-corrected chi connectivity index (χ4v) is 5.39. The molecule has 2 fully saturated rings. The van der Waals surface area contributed by atoms with Gasteiger partial charge in [0.25, 0.3) is 5.69 Å². The molecule has 5 rings (SSSR count). The van der Waals surface area contributed by atoms with Gasteiger partial charge in [0.2, 0.25) is 11.8 Å². The summed E-state index contributed by atoms with van der Waals surface area (Å²) in [5.74, 6) is -6.79. The van der Waals surface area contributed by atoms with Gasteiger partial charge in [-0.1, -0.05) is 48.5 Å². The molecule has 2 saturated heterocycles. The van der Waals surface area contributed by atoms with Crippen molar-refractivity contribution in [3.05, 3.63) is 100 Å². The summed E-state index contributed by atoms with van der Waals surface area (Å²) in [6, 6.07) is 15.8. The van der Waals surface area contributed by atoms with Crippen molar-refractivity contribution in [2.75, 3.05) is 4.90 Å². The number of alkyl halides is 3. The maximum atomic E-state index is 13.9. The number of carboxylic acid groups (broad SMARTS) is 1. The predicted octanol–water partition coefficient (Wildman–Crippen LogP) is 3.92. The number of carboxylic acids is 1. The molecular weight excluding hydrogens is 523 g/mol. The lowest BCUT2D eigenvalue weighted by molar-refractivity contribution is -0.384. The van der Waals surface area contributed by atoms with Crippen LogP contribution in [-0.4, -0.2) is 34.2 Å². The highest BCUT2D eigenvalue weighted by Gasteiger charge is 2.69. The second-order valence-corrected chi connectivity index (χ2v) is 9.01. The number of hydrogen-bond donors (Lipinski definition) is 2. The highest BCUT2D eigenvalue weighted by Crippen LogP contribution is 2.54. The Kier molecular flexibility index (Phi) is 6.10. The molecule has 0 aliphatic carbocycles. The number of carbonyl (C=O) groups excluding carboxylic acids is 2. The van der Waals surface area contributed by atoms with Crippen LogP contribution in [0.4, 0.5) is 24.5 Å². The van der Waals surface area contributed by atoms with Gasteiger partial charge < -0.3 is 9.84 Å². The summed E-state index contributed by atoms with van der Waals surface area (Å²) in [5, 5.41) is 24.7. The zero-order valence-electron chi connectivity index (χ0n) is 19.7. The number of nitrogens with zero attached hydrogens (tertiary/aromatic N) is 2. The van der Waals surface area contributed by atoms with E-state index in [1.165, 1.54) is 36.4 Å². The van der Waals surface area contributed by atoms with E-state index >= 15 is 0 Å². The Bertz CT molecular complexity index is 1500. The van der Waals surface area contributed by atoms with Crippen molar-refractivity contribution in [1.29, 1.82) is 0 Å². The zero-order valence-corrected chi connectivity index (χ0v) is 19.7. The van der Waals surface area contributed by atoms with E-state index in [1.54, 1.807) is 18.2 Å². The number of imide groups is 1. The summed E-state index contributed by atoms with van der Waals surface area (Å²) < 4.78 is 42.7. The summed E-state index contributed by atoms with van der Waals surface area (Å²) in [5.41, 5.74) is -2.47. The highest BCUT2D eigenvalue weighted by atomic mass is 19.4. The van der Waals surface area contributed by atoms with E-state index < -0.39 is 63.9 Å². The van der Waals surface area contributed by atoms with Gasteiger partial charge in [-0.3, -0.25) is 25.0 Å². The first-order valence-corrected chi connectivity index (χ1v) is 11.5. The maximum absolute atomic E-state index is 13.9. The number of nitro benzene ring substituents is 1. The van der Waals surface area contributed by atoms with Crippen LogP contribution in [-0.2, 0) is 19.9 Å². The number of anilines is 1. The second-order valence-electron chi connectivity index (χ2n) is 9.01. The van der Waals surface area contributed by atoms with E-state index in [2.05, 4.69) is 10.1 Å². The normalized spacial score (nSPS) is 24.5. The largest absolute Gasteiger partial charge is 0.573 e. The van der Waals surface area contributed by atoms with Gasteiger partial charge in [0, 0.05) is 18.2 Å². The lowest BCUT2D eigenvalue weighted by Gasteiger charge is -2.31. The average molecular weight is 541 g/mol. The van der Waals surface area contributed by atoms with Crippen LogP contribution in [0.5, 0.6) is 5.75 Å². The minimum atomic E-state index is -5.00. The highest BCUT2D eigenvalue weighted by molar-refractivity contribution is 6.24. The molecule has 2 N–H and O–H groups in total. The summed E-state index contributed by atoms with van der Waals surface area (Å²) in [4.78, 5) is 51.9. The molecule has 2 aliphatic heterocycles. The van der Waals surface area contributed by atoms with E-state index in [1.807, 2.05) is 0 Å². The minimum Gasteiger partial charge on any atom is -0.480 e. The first-order chi connectivity index (χ1) is 18.4. The zero-order chi connectivity index (χ0) is 28.1. The average Bonchev–Trinajstić information content (AvgIpc) is 3.38. The van der Waals surface area contributed by atoms with E-state index in [4.69, 9.17) is 0 Å². The van der Waals surface area contributed by atoms with Crippen molar-refractivity contribution in [3.63, 3.8) is 0 Å². The van der Waals surface area contributed by atoms with E-state index in [-0.39, 0.29) is 16.8 Å². The molecule has 0 spiro atoms. The van der Waals surface area contributed by atoms with Gasteiger partial charge in [-0.15, -0.1) is 13.2 Å². The van der Waals surface area contributed by atoms with E-state index in [0.717, 1.165) is 24.3 Å². The van der Waals surface area contributed by atoms with Crippen molar-refractivity contribution in [2.45, 2.75) is 17.9 Å². The first kappa shape index (κ1) is 25.9. The number of nitrogens with one attached hydrogen (secondary N) is 1. The van der Waals surface area contributed by atoms with Gasteiger partial charge >= 0.3 is 12.3 Å². The quantitative estimate of drug-likeness (QED) is 0.272. The van der Waals surface area contributed by atoms with Crippen LogP contribution in [0, 0.1) is 22.0 Å². The molecule has 0 bridgehead atoms. The van der Waals surface area contributed by atoms with Gasteiger partial charge in [-0.25, -0.2) is 9.69 Å². The van der Waals surface area contributed by atoms with Gasteiger partial charge in [0.1, 0.15) is 5.75 Å². The molecule has 3 aromatic carbocycles. The Labute approximate surface area is 217 Å². The lowest BCUT2D eigenvalue weighted by atomic mass is 9.75. The number of aliphatic carboxylic acids is 1. The molecule has 0 radical (unpaired) electrons. The lowest BCUT2D eigenvalue weighted by Crippen LogP contribution is -2.53. The van der Waals surface area contributed by atoms with E-state index in [9.17, 15) is 42.8 Å². The number of carbonyl (C=O) groups is 3. The van der Waals surface area contributed by atoms with Gasteiger partial charge in [0.15, 0.2) is 5.54 Å². The van der Waals surface area contributed by atoms with Gasteiger partial charge in [-0.2, -0.15) is 0 Å². The van der Waals surface area contributed by atoms with Crippen molar-refractivity contribution < 1.29 is 42.3 Å². The monoisotopic (exact) mass is 541 g/mol. The standard InChI is InChI=1S/C26H18F3N3O7/c27-26(28,29)39-18-11-4-6-14(12-18)21-19-20(25(30-21,24(35)36)15-7-2-1-3-8-15)23(34)31(22(19)33)16-9-5-10-17(13-16)32(37)38/h1-13,19-21,30H,(H,35,36). The first-order valence-electron chi connectivity index (χ1n) is 11.5. The molecule has 0 saturated carbocycles. The number of benzene rings is 3. The van der Waals surface area contributed by atoms with Crippen molar-refractivity contribution >= 4 is 29.2 Å². The fraction of sp³-hybridized carbons (Fsp3) is 0.192. The van der Waals surface area contributed by atoms with Crippen LogP contribution in [0.1, 0.15) is 17.2 Å². The third kappa shape index (κ3) is 4.26. The Morgan fingerprint density at radius 3 is 2.33 bits per heavy atom. The molecule has 3 aromatic rings. The van der Waals surface area contributed by atoms with Crippen molar-refractivity contribution in [1.82, 2.24) is 5.32 Å². The van der Waals surface area contributed by atoms with Crippen LogP contribution in [0.15, 0.2) is 78.9 Å². The van der Waals surface area contributed by atoms with E-state index in [0.29, 0.717) is 4.90 Å². The Hall–Kier alpha value is -4.78. The Balaban J connectivity index is 1.68. The van der Waals surface area contributed by atoms with Crippen LogP contribution in [0.25, 0.3) is 0 Å². The third-order valence-electron chi connectivity index (χ3n) is 6.88.